The number of carbonyl (C=O) groups is 1. The monoisotopic (exact) mass is 315 g/mol. The lowest BCUT2D eigenvalue weighted by Gasteiger charge is -2.52. The van der Waals surface area contributed by atoms with Crippen molar-refractivity contribution in [2.45, 2.75) is 24.5 Å². The van der Waals surface area contributed by atoms with Gasteiger partial charge in [-0.15, -0.1) is 0 Å². The first-order valence-electron chi connectivity index (χ1n) is 7.62. The summed E-state index contributed by atoms with van der Waals surface area (Å²) in [6.07, 6.45) is 9.40. The van der Waals surface area contributed by atoms with Crippen molar-refractivity contribution in [2.24, 2.45) is 0 Å². The molecule has 0 radical (unpaired) electrons. The van der Waals surface area contributed by atoms with E-state index in [0.29, 0.717) is 31.1 Å². The van der Waals surface area contributed by atoms with E-state index in [0.717, 1.165) is 12.8 Å². The molecule has 0 saturated carbocycles. The Labute approximate surface area is 133 Å². The van der Waals surface area contributed by atoms with Crippen LogP contribution in [0, 0.1) is 0 Å². The molecule has 2 saturated heterocycles. The van der Waals surface area contributed by atoms with E-state index in [1.165, 1.54) is 12.5 Å². The van der Waals surface area contributed by atoms with Crippen LogP contribution in [0.2, 0.25) is 0 Å². The van der Waals surface area contributed by atoms with Crippen LogP contribution in [-0.2, 0) is 4.74 Å². The number of ether oxygens (including phenoxy) is 2. The Hall–Kier alpha value is -2.41. The number of rotatable bonds is 3. The van der Waals surface area contributed by atoms with E-state index >= 15 is 0 Å². The van der Waals surface area contributed by atoms with Crippen molar-refractivity contribution in [1.82, 2.24) is 14.9 Å². The summed E-state index contributed by atoms with van der Waals surface area (Å²) in [5.41, 5.74) is 0.271. The second-order valence-corrected chi connectivity index (χ2v) is 5.98. The summed E-state index contributed by atoms with van der Waals surface area (Å²) in [4.78, 5) is 22.2. The van der Waals surface area contributed by atoms with Crippen molar-refractivity contribution >= 4 is 5.91 Å². The molecule has 0 unspecified atom stereocenters. The maximum atomic E-state index is 12.2. The number of hydrogen-bond donors (Lipinski definition) is 0. The highest BCUT2D eigenvalue weighted by Gasteiger charge is 2.50. The van der Waals surface area contributed by atoms with Crippen LogP contribution >= 0.6 is 0 Å². The Morgan fingerprint density at radius 1 is 1.39 bits per heavy atom. The van der Waals surface area contributed by atoms with Crippen molar-refractivity contribution in [1.29, 1.82) is 0 Å². The number of nitrogens with zero attached hydrogens (tertiary/aromatic N) is 3. The third-order valence-electron chi connectivity index (χ3n) is 4.29. The molecule has 0 bridgehead atoms. The topological polar surface area (TPSA) is 77.7 Å². The molecule has 2 aromatic heterocycles. The predicted octanol–water partition coefficient (Wildman–Crippen LogP) is 1.52. The fraction of sp³-hybridized carbons (Fsp3) is 0.438. The largest absolute Gasteiger partial charge is 0.473 e. The molecule has 7 nitrogen and oxygen atoms in total. The van der Waals surface area contributed by atoms with E-state index in [1.807, 2.05) is 0 Å². The maximum Gasteiger partial charge on any atom is 0.257 e. The molecule has 23 heavy (non-hydrogen) atoms. The van der Waals surface area contributed by atoms with Crippen LogP contribution in [0.15, 0.2) is 41.6 Å². The molecule has 1 amide bonds. The fourth-order valence-electron chi connectivity index (χ4n) is 3.18. The van der Waals surface area contributed by atoms with Gasteiger partial charge >= 0.3 is 0 Å². The summed E-state index contributed by atoms with van der Waals surface area (Å²) in [6.45, 7) is 1.79. The molecule has 7 heteroatoms. The summed E-state index contributed by atoms with van der Waals surface area (Å²) < 4.78 is 16.8. The van der Waals surface area contributed by atoms with E-state index < -0.39 is 0 Å². The number of hydrogen-bond acceptors (Lipinski definition) is 6. The minimum atomic E-state index is -0.301. The molecule has 4 heterocycles. The number of carbonyl (C=O) groups excluding carboxylic acids is 1. The molecule has 1 atom stereocenters. The summed E-state index contributed by atoms with van der Waals surface area (Å²) in [5, 5.41) is 0. The predicted molar refractivity (Wildman–Crippen MR) is 79.0 cm³/mol. The average molecular weight is 315 g/mol. The van der Waals surface area contributed by atoms with Gasteiger partial charge in [0.1, 0.15) is 18.0 Å². The van der Waals surface area contributed by atoms with Crippen LogP contribution in [0.1, 0.15) is 23.2 Å². The van der Waals surface area contributed by atoms with Gasteiger partial charge in [-0.25, -0.2) is 4.98 Å². The van der Waals surface area contributed by atoms with Crippen LogP contribution in [-0.4, -0.2) is 52.2 Å². The molecule has 0 N–H and O–H groups in total. The average Bonchev–Trinajstić information content (AvgIpc) is 3.07. The van der Waals surface area contributed by atoms with Gasteiger partial charge in [-0.05, 0) is 6.07 Å². The van der Waals surface area contributed by atoms with Crippen LogP contribution in [0.4, 0.5) is 0 Å². The molecule has 120 valence electrons. The molecule has 2 aromatic rings. The van der Waals surface area contributed by atoms with E-state index in [2.05, 4.69) is 9.97 Å². The Morgan fingerprint density at radius 3 is 3.04 bits per heavy atom. The summed E-state index contributed by atoms with van der Waals surface area (Å²) in [5.74, 6) is 0.505. The zero-order chi connectivity index (χ0) is 15.7. The highest BCUT2D eigenvalue weighted by molar-refractivity contribution is 5.94. The number of amides is 1. The molecular weight excluding hydrogens is 298 g/mol. The second kappa shape index (κ2) is 5.66. The Morgan fingerprint density at radius 2 is 2.30 bits per heavy atom. The van der Waals surface area contributed by atoms with Crippen LogP contribution in [0.3, 0.4) is 0 Å². The minimum absolute atomic E-state index is 0.0232. The molecule has 2 fully saturated rings. The van der Waals surface area contributed by atoms with Crippen molar-refractivity contribution in [3.05, 3.63) is 42.7 Å². The van der Waals surface area contributed by atoms with Gasteiger partial charge in [0.05, 0.1) is 37.7 Å². The van der Waals surface area contributed by atoms with Crippen LogP contribution in [0.25, 0.3) is 0 Å². The van der Waals surface area contributed by atoms with Crippen molar-refractivity contribution in [3.63, 3.8) is 0 Å². The number of likely N-dealkylation sites (tertiary alicyclic amines) is 1. The standard InChI is InChI=1S/C16H17N3O4/c20-15(12-1-5-21-9-12)19-10-16(11-19)7-13(2-6-22-16)23-14-8-17-3-4-18-14/h1,3-5,8-9,13H,2,6-7,10-11H2/t13-/m1/s1. The Balaban J connectivity index is 1.36. The maximum absolute atomic E-state index is 12.2. The number of furan rings is 1. The Kier molecular flexibility index (Phi) is 3.49. The second-order valence-electron chi connectivity index (χ2n) is 5.98. The normalized spacial score (nSPS) is 22.6. The zero-order valence-electron chi connectivity index (χ0n) is 12.6. The summed E-state index contributed by atoms with van der Waals surface area (Å²) >= 11 is 0. The molecule has 4 rings (SSSR count). The van der Waals surface area contributed by atoms with E-state index in [-0.39, 0.29) is 17.6 Å². The lowest BCUT2D eigenvalue weighted by atomic mass is 9.84. The third-order valence-corrected chi connectivity index (χ3v) is 4.29. The zero-order valence-corrected chi connectivity index (χ0v) is 12.6. The van der Waals surface area contributed by atoms with Crippen molar-refractivity contribution in [2.75, 3.05) is 19.7 Å². The minimum Gasteiger partial charge on any atom is -0.473 e. The number of aromatic nitrogens is 2. The first-order chi connectivity index (χ1) is 11.2. The van der Waals surface area contributed by atoms with Gasteiger partial charge < -0.3 is 18.8 Å². The van der Waals surface area contributed by atoms with Gasteiger partial charge in [0.25, 0.3) is 5.91 Å². The summed E-state index contributed by atoms with van der Waals surface area (Å²) in [6, 6.07) is 1.68. The first-order valence-corrected chi connectivity index (χ1v) is 7.62. The summed E-state index contributed by atoms with van der Waals surface area (Å²) in [7, 11) is 0. The Bertz CT molecular complexity index is 668. The first kappa shape index (κ1) is 14.2. The quantitative estimate of drug-likeness (QED) is 0.854. The molecule has 2 aliphatic rings. The highest BCUT2D eigenvalue weighted by atomic mass is 16.5. The van der Waals surface area contributed by atoms with E-state index in [9.17, 15) is 4.79 Å². The van der Waals surface area contributed by atoms with Gasteiger partial charge in [0, 0.05) is 25.2 Å². The highest BCUT2D eigenvalue weighted by Crippen LogP contribution is 2.36. The molecule has 0 aliphatic carbocycles. The molecular formula is C16H17N3O4. The smallest absolute Gasteiger partial charge is 0.257 e. The fourth-order valence-corrected chi connectivity index (χ4v) is 3.18. The van der Waals surface area contributed by atoms with Crippen LogP contribution < -0.4 is 4.74 Å². The molecule has 0 aromatic carbocycles. The van der Waals surface area contributed by atoms with Gasteiger partial charge in [0.2, 0.25) is 5.88 Å². The molecule has 2 aliphatic heterocycles. The van der Waals surface area contributed by atoms with Crippen molar-refractivity contribution in [3.8, 4) is 5.88 Å². The third kappa shape index (κ3) is 2.79. The van der Waals surface area contributed by atoms with Gasteiger partial charge in [-0.1, -0.05) is 0 Å². The van der Waals surface area contributed by atoms with E-state index in [1.54, 1.807) is 29.6 Å². The van der Waals surface area contributed by atoms with Gasteiger partial charge in [-0.2, -0.15) is 0 Å². The van der Waals surface area contributed by atoms with Crippen molar-refractivity contribution < 1.29 is 18.7 Å². The van der Waals surface area contributed by atoms with E-state index in [4.69, 9.17) is 13.9 Å². The van der Waals surface area contributed by atoms with Gasteiger partial charge in [-0.3, -0.25) is 9.78 Å². The lowest BCUT2D eigenvalue weighted by Crippen LogP contribution is -2.67. The van der Waals surface area contributed by atoms with Gasteiger partial charge in [0.15, 0.2) is 0 Å². The van der Waals surface area contributed by atoms with Crippen LogP contribution in [0.5, 0.6) is 5.88 Å². The SMILES string of the molecule is O=C(c1ccoc1)N1CC2(C[C@H](Oc3cnccn3)CCO2)C1. The lowest BCUT2D eigenvalue weighted by molar-refractivity contribution is -0.174. The molecule has 1 spiro atoms.